The van der Waals surface area contributed by atoms with Gasteiger partial charge in [0.05, 0.1) is 0 Å². The maximum absolute atomic E-state index is 11.9. The number of aliphatic hydroxyl groups is 1. The molecule has 0 fully saturated rings. The Morgan fingerprint density at radius 1 is 1.16 bits per heavy atom. The lowest BCUT2D eigenvalue weighted by Gasteiger charge is -2.19. The summed E-state index contributed by atoms with van der Waals surface area (Å²) in [6.07, 6.45) is -0.427. The van der Waals surface area contributed by atoms with Crippen LogP contribution in [-0.2, 0) is 24.0 Å². The van der Waals surface area contributed by atoms with Crippen molar-refractivity contribution in [1.29, 1.82) is 0 Å². The van der Waals surface area contributed by atoms with Gasteiger partial charge in [0, 0.05) is 12.2 Å². The number of hydrogen-bond donors (Lipinski definition) is 6. The zero-order valence-corrected chi connectivity index (χ0v) is 14.2. The molecule has 0 aliphatic heterocycles. The first-order valence-corrected chi connectivity index (χ1v) is 8.16. The highest BCUT2D eigenvalue weighted by molar-refractivity contribution is 8.00. The lowest BCUT2D eigenvalue weighted by Crippen LogP contribution is -2.49. The second kappa shape index (κ2) is 11.4. The van der Waals surface area contributed by atoms with E-state index in [-0.39, 0.29) is 18.6 Å². The summed E-state index contributed by atoms with van der Waals surface area (Å²) in [6, 6.07) is -2.45. The molecule has 0 bridgehead atoms. The molecule has 0 aromatic heterocycles. The highest BCUT2D eigenvalue weighted by atomic mass is 32.2. The van der Waals surface area contributed by atoms with Gasteiger partial charge in [0.1, 0.15) is 18.6 Å². The van der Waals surface area contributed by atoms with E-state index in [1.54, 1.807) is 0 Å². The lowest BCUT2D eigenvalue weighted by molar-refractivity contribution is -0.139. The van der Waals surface area contributed by atoms with Crippen LogP contribution in [-0.4, -0.2) is 74.7 Å². The summed E-state index contributed by atoms with van der Waals surface area (Å²) in [7, 11) is 0. The molecule has 25 heavy (non-hydrogen) atoms. The topological polar surface area (TPSA) is 196 Å². The average molecular weight is 379 g/mol. The highest BCUT2D eigenvalue weighted by Crippen LogP contribution is 2.11. The molecule has 2 amide bonds. The maximum atomic E-state index is 11.9. The molecule has 0 heterocycles. The number of carbonyl (C=O) groups is 5. The molecule has 0 aromatic rings. The number of nitrogens with one attached hydrogen (secondary N) is 2. The standard InChI is InChI=1S/C13H21N3O8S/c1-6(17)13(24)25-5-8(11(21)15-4-10(19)20)16-9(18)3-2-7(14)12(22)23/h7-8,13,24H,2-5,14H2,1H3,(H,15,21)(H,16,18)(H,19,20)(H,22,23)/t7-,8-,13?/m0/s1. The number of nitrogens with two attached hydrogens (primary N) is 1. The van der Waals surface area contributed by atoms with Gasteiger partial charge in [-0.05, 0) is 13.3 Å². The number of rotatable bonds is 12. The minimum atomic E-state index is -1.40. The molecule has 0 rings (SSSR count). The van der Waals surface area contributed by atoms with Crippen molar-refractivity contribution in [1.82, 2.24) is 10.6 Å². The molecule has 0 spiro atoms. The van der Waals surface area contributed by atoms with Crippen LogP contribution in [0.4, 0.5) is 0 Å². The van der Waals surface area contributed by atoms with Crippen molar-refractivity contribution in [3.8, 4) is 0 Å². The Hall–Kier alpha value is -2.18. The minimum absolute atomic E-state index is 0.159. The van der Waals surface area contributed by atoms with E-state index < -0.39 is 53.6 Å². The van der Waals surface area contributed by atoms with Crippen LogP contribution in [0.3, 0.4) is 0 Å². The zero-order valence-electron chi connectivity index (χ0n) is 13.4. The summed E-state index contributed by atoms with van der Waals surface area (Å²) in [5, 5.41) is 31.0. The van der Waals surface area contributed by atoms with Gasteiger partial charge in [-0.25, -0.2) is 0 Å². The van der Waals surface area contributed by atoms with E-state index >= 15 is 0 Å². The van der Waals surface area contributed by atoms with E-state index in [9.17, 15) is 29.1 Å². The Bertz CT molecular complexity index is 527. The second-order valence-electron chi connectivity index (χ2n) is 5.01. The average Bonchev–Trinajstić information content (AvgIpc) is 2.53. The van der Waals surface area contributed by atoms with Crippen LogP contribution in [0.2, 0.25) is 0 Å². The number of carboxylic acid groups (broad SMARTS) is 2. The summed E-state index contributed by atoms with van der Waals surface area (Å²) in [4.78, 5) is 55.8. The Kier molecular flexibility index (Phi) is 10.4. The van der Waals surface area contributed by atoms with E-state index in [0.717, 1.165) is 6.92 Å². The maximum Gasteiger partial charge on any atom is 0.322 e. The third-order valence-corrected chi connectivity index (χ3v) is 4.01. The number of carboxylic acids is 2. The minimum Gasteiger partial charge on any atom is -0.480 e. The van der Waals surface area contributed by atoms with Crippen molar-refractivity contribution < 1.29 is 39.3 Å². The van der Waals surface area contributed by atoms with Gasteiger partial charge in [-0.15, -0.1) is 11.8 Å². The fourth-order valence-electron chi connectivity index (χ4n) is 1.45. The summed E-state index contributed by atoms with van der Waals surface area (Å²) < 4.78 is 0. The summed E-state index contributed by atoms with van der Waals surface area (Å²) in [5.41, 5.74) is 3.87. The molecule has 0 saturated heterocycles. The molecule has 0 aliphatic carbocycles. The van der Waals surface area contributed by atoms with Gasteiger partial charge in [0.2, 0.25) is 11.8 Å². The summed E-state index contributed by atoms with van der Waals surface area (Å²) in [5.74, 6) is -4.80. The summed E-state index contributed by atoms with van der Waals surface area (Å²) in [6.45, 7) is 0.470. The molecular formula is C13H21N3O8S. The van der Waals surface area contributed by atoms with Gasteiger partial charge in [0.25, 0.3) is 0 Å². The van der Waals surface area contributed by atoms with Crippen molar-refractivity contribution in [2.45, 2.75) is 37.3 Å². The van der Waals surface area contributed by atoms with Crippen molar-refractivity contribution in [3.05, 3.63) is 0 Å². The highest BCUT2D eigenvalue weighted by Gasteiger charge is 2.24. The van der Waals surface area contributed by atoms with E-state index in [0.29, 0.717) is 11.8 Å². The first kappa shape index (κ1) is 22.8. The Balaban J connectivity index is 4.72. The molecule has 142 valence electrons. The molecule has 3 atom stereocenters. The van der Waals surface area contributed by atoms with E-state index in [1.807, 2.05) is 0 Å². The van der Waals surface area contributed by atoms with Gasteiger partial charge in [-0.2, -0.15) is 0 Å². The monoisotopic (exact) mass is 379 g/mol. The van der Waals surface area contributed by atoms with Crippen LogP contribution in [0.1, 0.15) is 19.8 Å². The number of aliphatic hydroxyl groups excluding tert-OH is 1. The molecule has 12 heteroatoms. The molecule has 0 aromatic carbocycles. The first-order valence-electron chi connectivity index (χ1n) is 7.12. The van der Waals surface area contributed by atoms with Gasteiger partial charge in [-0.3, -0.25) is 24.0 Å². The number of Topliss-reactive ketones (excluding diaryl/α,β-unsaturated/α-hetero) is 1. The predicted molar refractivity (Wildman–Crippen MR) is 86.6 cm³/mol. The number of ketones is 1. The fraction of sp³-hybridized carbons (Fsp3) is 0.615. The lowest BCUT2D eigenvalue weighted by atomic mass is 10.1. The van der Waals surface area contributed by atoms with Crippen LogP contribution < -0.4 is 16.4 Å². The number of thioether (sulfide) groups is 1. The first-order chi connectivity index (χ1) is 11.5. The van der Waals surface area contributed by atoms with Crippen LogP contribution in [0.25, 0.3) is 0 Å². The molecule has 0 saturated carbocycles. The zero-order chi connectivity index (χ0) is 19.6. The number of amides is 2. The molecule has 7 N–H and O–H groups in total. The van der Waals surface area contributed by atoms with Crippen LogP contribution >= 0.6 is 11.8 Å². The molecule has 0 radical (unpaired) electrons. The van der Waals surface area contributed by atoms with Crippen molar-refractivity contribution in [2.75, 3.05) is 12.3 Å². The van der Waals surface area contributed by atoms with E-state index in [4.69, 9.17) is 15.9 Å². The van der Waals surface area contributed by atoms with Crippen molar-refractivity contribution in [3.63, 3.8) is 0 Å². The second-order valence-corrected chi connectivity index (χ2v) is 6.12. The molecule has 11 nitrogen and oxygen atoms in total. The normalized spacial score (nSPS) is 14.0. The third-order valence-electron chi connectivity index (χ3n) is 2.83. The van der Waals surface area contributed by atoms with Gasteiger partial charge >= 0.3 is 11.9 Å². The van der Waals surface area contributed by atoms with E-state index in [2.05, 4.69) is 10.6 Å². The SMILES string of the molecule is CC(=O)C(O)SC[C@H](NC(=O)CC[C@H](N)C(=O)O)C(=O)NCC(=O)O. The molecule has 0 aliphatic rings. The number of carbonyl (C=O) groups excluding carboxylic acids is 3. The smallest absolute Gasteiger partial charge is 0.322 e. The molecule has 1 unspecified atom stereocenters. The Labute approximate surface area is 147 Å². The van der Waals surface area contributed by atoms with Crippen LogP contribution in [0.15, 0.2) is 0 Å². The fourth-order valence-corrected chi connectivity index (χ4v) is 2.29. The number of aliphatic carboxylic acids is 2. The van der Waals surface area contributed by atoms with Gasteiger partial charge in [-0.1, -0.05) is 0 Å². The summed E-state index contributed by atoms with van der Waals surface area (Å²) >= 11 is 0.691. The van der Waals surface area contributed by atoms with Crippen LogP contribution in [0, 0.1) is 0 Å². The third kappa shape index (κ3) is 10.3. The Morgan fingerprint density at radius 3 is 2.24 bits per heavy atom. The van der Waals surface area contributed by atoms with Gasteiger partial charge in [0.15, 0.2) is 11.2 Å². The number of hydrogen-bond acceptors (Lipinski definition) is 8. The Morgan fingerprint density at radius 2 is 1.76 bits per heavy atom. The predicted octanol–water partition coefficient (Wildman–Crippen LogP) is -2.50. The van der Waals surface area contributed by atoms with E-state index in [1.165, 1.54) is 0 Å². The largest absolute Gasteiger partial charge is 0.480 e. The quantitative estimate of drug-likeness (QED) is 0.197. The van der Waals surface area contributed by atoms with Crippen molar-refractivity contribution >= 4 is 41.3 Å². The van der Waals surface area contributed by atoms with Crippen LogP contribution in [0.5, 0.6) is 0 Å². The van der Waals surface area contributed by atoms with Crippen molar-refractivity contribution in [2.24, 2.45) is 5.73 Å². The van der Waals surface area contributed by atoms with Gasteiger partial charge < -0.3 is 31.7 Å². The molecular weight excluding hydrogens is 358 g/mol.